The normalized spacial score (nSPS) is 12.5. The third-order valence-corrected chi connectivity index (χ3v) is 7.50. The van der Waals surface area contributed by atoms with E-state index < -0.39 is 8.80 Å². The van der Waals surface area contributed by atoms with Gasteiger partial charge >= 0.3 is 0 Å². The molecule has 0 unspecified atom stereocenters. The Morgan fingerprint density at radius 3 is 1.45 bits per heavy atom. The maximum Gasteiger partial charge on any atom is 0.0422 e. The van der Waals surface area contributed by atoms with Crippen molar-refractivity contribution in [3.8, 4) is 0 Å². The van der Waals surface area contributed by atoms with Crippen LogP contribution in [0, 0.1) is 0 Å². The number of hydrogen-bond acceptors (Lipinski definition) is 0. The van der Waals surface area contributed by atoms with E-state index in [2.05, 4.69) is 34.6 Å². The Morgan fingerprint density at radius 1 is 0.909 bits per heavy atom. The van der Waals surface area contributed by atoms with Gasteiger partial charge in [0.25, 0.3) is 0 Å². The highest BCUT2D eigenvalue weighted by Gasteiger charge is 2.23. The predicted molar refractivity (Wildman–Crippen MR) is 57.1 cm³/mol. The highest BCUT2D eigenvalue weighted by Crippen LogP contribution is 2.32. The fourth-order valence-corrected chi connectivity index (χ4v) is 5.12. The van der Waals surface area contributed by atoms with Gasteiger partial charge in [-0.1, -0.05) is 59.5 Å². The van der Waals surface area contributed by atoms with Crippen LogP contribution in [-0.4, -0.2) is 8.80 Å². The van der Waals surface area contributed by atoms with Gasteiger partial charge in [-0.3, -0.25) is 0 Å². The van der Waals surface area contributed by atoms with Crippen molar-refractivity contribution < 1.29 is 0 Å². The SMILES string of the molecule is CCC[SiH](CCC)C(C)(C)C. The van der Waals surface area contributed by atoms with Gasteiger partial charge in [-0.05, 0) is 5.04 Å². The van der Waals surface area contributed by atoms with Crippen molar-refractivity contribution in [1.29, 1.82) is 0 Å². The standard InChI is InChI=1S/C10H24Si/c1-6-8-11(9-7-2)10(3,4)5/h11H,6-9H2,1-5H3. The molecule has 0 aliphatic heterocycles. The first kappa shape index (κ1) is 11.2. The van der Waals surface area contributed by atoms with E-state index in [0.29, 0.717) is 5.04 Å². The van der Waals surface area contributed by atoms with Crippen LogP contribution in [0.15, 0.2) is 0 Å². The second-order valence-corrected chi connectivity index (χ2v) is 8.92. The second kappa shape index (κ2) is 4.97. The lowest BCUT2D eigenvalue weighted by Gasteiger charge is -2.28. The van der Waals surface area contributed by atoms with Gasteiger partial charge in [-0.2, -0.15) is 0 Å². The van der Waals surface area contributed by atoms with Crippen molar-refractivity contribution in [1.82, 2.24) is 0 Å². The summed E-state index contributed by atoms with van der Waals surface area (Å²) in [6.07, 6.45) is 2.79. The van der Waals surface area contributed by atoms with E-state index in [0.717, 1.165) is 0 Å². The van der Waals surface area contributed by atoms with E-state index >= 15 is 0 Å². The molecule has 0 aliphatic carbocycles. The van der Waals surface area contributed by atoms with Gasteiger partial charge in [0.05, 0.1) is 0 Å². The summed E-state index contributed by atoms with van der Waals surface area (Å²) >= 11 is 0. The van der Waals surface area contributed by atoms with Crippen LogP contribution in [0.2, 0.25) is 17.1 Å². The van der Waals surface area contributed by atoms with E-state index in [1.807, 2.05) is 0 Å². The van der Waals surface area contributed by atoms with Crippen molar-refractivity contribution >= 4 is 8.80 Å². The molecule has 0 atom stereocenters. The second-order valence-electron chi connectivity index (χ2n) is 4.64. The molecule has 0 aromatic heterocycles. The first-order valence-electron chi connectivity index (χ1n) is 5.02. The minimum absolute atomic E-state index is 0.422. The van der Waals surface area contributed by atoms with Gasteiger partial charge in [0.15, 0.2) is 0 Å². The van der Waals surface area contributed by atoms with Gasteiger partial charge in [-0.15, -0.1) is 0 Å². The van der Waals surface area contributed by atoms with Crippen LogP contribution in [0.5, 0.6) is 0 Å². The highest BCUT2D eigenvalue weighted by molar-refractivity contribution is 6.62. The monoisotopic (exact) mass is 172 g/mol. The molecule has 0 amide bonds. The Balaban J connectivity index is 3.88. The third kappa shape index (κ3) is 4.62. The molecule has 0 aromatic rings. The molecule has 0 fully saturated rings. The first-order valence-corrected chi connectivity index (χ1v) is 7.23. The Kier molecular flexibility index (Phi) is 5.07. The summed E-state index contributed by atoms with van der Waals surface area (Å²) in [6, 6.07) is 3.08. The minimum atomic E-state index is -0.422. The Hall–Kier alpha value is 0.217. The van der Waals surface area contributed by atoms with Crippen molar-refractivity contribution in [3.05, 3.63) is 0 Å². The van der Waals surface area contributed by atoms with Crippen LogP contribution in [0.4, 0.5) is 0 Å². The van der Waals surface area contributed by atoms with Crippen molar-refractivity contribution in [2.24, 2.45) is 0 Å². The topological polar surface area (TPSA) is 0 Å². The fourth-order valence-electron chi connectivity index (χ4n) is 1.71. The van der Waals surface area contributed by atoms with Gasteiger partial charge in [0, 0.05) is 8.80 Å². The minimum Gasteiger partial charge on any atom is -0.0657 e. The van der Waals surface area contributed by atoms with Crippen molar-refractivity contribution in [3.63, 3.8) is 0 Å². The Morgan fingerprint density at radius 2 is 1.27 bits per heavy atom. The molecule has 0 bridgehead atoms. The van der Waals surface area contributed by atoms with Crippen LogP contribution < -0.4 is 0 Å². The number of rotatable bonds is 4. The Bertz CT molecular complexity index is 85.5. The van der Waals surface area contributed by atoms with E-state index in [4.69, 9.17) is 0 Å². The van der Waals surface area contributed by atoms with Crippen LogP contribution in [0.25, 0.3) is 0 Å². The molecule has 0 saturated heterocycles. The van der Waals surface area contributed by atoms with Crippen LogP contribution in [0.1, 0.15) is 47.5 Å². The molecule has 1 heteroatoms. The molecular weight excluding hydrogens is 148 g/mol. The zero-order valence-corrected chi connectivity index (χ0v) is 10.1. The molecule has 11 heavy (non-hydrogen) atoms. The fraction of sp³-hybridized carbons (Fsp3) is 1.00. The van der Waals surface area contributed by atoms with Gasteiger partial charge in [-0.25, -0.2) is 0 Å². The van der Waals surface area contributed by atoms with E-state index in [9.17, 15) is 0 Å². The summed E-state index contributed by atoms with van der Waals surface area (Å²) in [6.45, 7) is 11.9. The summed E-state index contributed by atoms with van der Waals surface area (Å²) in [5.74, 6) is 0. The lowest BCUT2D eigenvalue weighted by Crippen LogP contribution is -2.24. The zero-order chi connectivity index (χ0) is 8.91. The zero-order valence-electron chi connectivity index (χ0n) is 8.91. The molecule has 0 rings (SSSR count). The van der Waals surface area contributed by atoms with Crippen molar-refractivity contribution in [2.75, 3.05) is 0 Å². The molecule has 0 spiro atoms. The predicted octanol–water partition coefficient (Wildman–Crippen LogP) is 3.83. The highest BCUT2D eigenvalue weighted by atomic mass is 28.3. The molecule has 68 valence electrons. The van der Waals surface area contributed by atoms with Crippen LogP contribution in [0.3, 0.4) is 0 Å². The van der Waals surface area contributed by atoms with E-state index in [1.54, 1.807) is 0 Å². The lowest BCUT2D eigenvalue weighted by atomic mass is 10.2. The Labute approximate surface area is 74.0 Å². The average molecular weight is 172 g/mol. The van der Waals surface area contributed by atoms with Crippen molar-refractivity contribution in [2.45, 2.75) is 64.6 Å². The number of hydrogen-bond donors (Lipinski definition) is 0. The lowest BCUT2D eigenvalue weighted by molar-refractivity contribution is 0.716. The summed E-state index contributed by atoms with van der Waals surface area (Å²) < 4.78 is 0. The smallest absolute Gasteiger partial charge is 0.0422 e. The van der Waals surface area contributed by atoms with Gasteiger partial charge < -0.3 is 0 Å². The maximum absolute atomic E-state index is 2.43. The van der Waals surface area contributed by atoms with Crippen LogP contribution >= 0.6 is 0 Å². The molecule has 0 aromatic carbocycles. The average Bonchev–Trinajstić information content (AvgIpc) is 1.85. The first-order chi connectivity index (χ1) is 5.02. The summed E-state index contributed by atoms with van der Waals surface area (Å²) in [5, 5.41) is 0.659. The largest absolute Gasteiger partial charge is 0.0657 e. The maximum atomic E-state index is 2.43. The molecular formula is C10H24Si. The molecule has 0 radical (unpaired) electrons. The summed E-state index contributed by atoms with van der Waals surface area (Å²) in [5.41, 5.74) is 0. The molecule has 0 nitrogen and oxygen atoms in total. The summed E-state index contributed by atoms with van der Waals surface area (Å²) in [4.78, 5) is 0. The molecule has 0 aliphatic rings. The van der Waals surface area contributed by atoms with Gasteiger partial charge in [0.1, 0.15) is 0 Å². The van der Waals surface area contributed by atoms with E-state index in [1.165, 1.54) is 24.9 Å². The van der Waals surface area contributed by atoms with Gasteiger partial charge in [0.2, 0.25) is 0 Å². The van der Waals surface area contributed by atoms with Crippen LogP contribution in [-0.2, 0) is 0 Å². The quantitative estimate of drug-likeness (QED) is 0.565. The molecule has 0 heterocycles. The molecule has 0 saturated carbocycles. The summed E-state index contributed by atoms with van der Waals surface area (Å²) in [7, 11) is -0.422. The third-order valence-electron chi connectivity index (χ3n) is 2.50. The molecule has 0 N–H and O–H groups in total. The van der Waals surface area contributed by atoms with E-state index in [-0.39, 0.29) is 0 Å².